The number of rotatable bonds is 11. The fourth-order valence-electron chi connectivity index (χ4n) is 2.22. The Labute approximate surface area is 121 Å². The van der Waals surface area contributed by atoms with Gasteiger partial charge in [0.15, 0.2) is 0 Å². The number of hydrogen-bond donors (Lipinski definition) is 2. The largest absolute Gasteiger partial charge is 0.478 e. The maximum Gasteiger partial charge on any atom is 0.332 e. The maximum atomic E-state index is 11.3. The summed E-state index contributed by atoms with van der Waals surface area (Å²) < 4.78 is 0. The molecule has 0 aliphatic rings. The van der Waals surface area contributed by atoms with Crippen molar-refractivity contribution >= 4 is 11.9 Å². The molecule has 0 aliphatic carbocycles. The lowest BCUT2D eigenvalue weighted by molar-refractivity contribution is -0.136. The highest BCUT2D eigenvalue weighted by Gasteiger charge is 2.20. The summed E-state index contributed by atoms with van der Waals surface area (Å²) in [5, 5.41) is 18.4. The Balaban J connectivity index is 4.59. The molecular weight excluding hydrogens is 256 g/mol. The lowest BCUT2D eigenvalue weighted by atomic mass is 9.94. The minimum absolute atomic E-state index is 0.0704. The van der Waals surface area contributed by atoms with Crippen LogP contribution in [0.15, 0.2) is 11.1 Å². The highest BCUT2D eigenvalue weighted by molar-refractivity contribution is 5.98. The molecule has 0 saturated heterocycles. The van der Waals surface area contributed by atoms with E-state index in [4.69, 9.17) is 0 Å². The molecule has 0 spiro atoms. The summed E-state index contributed by atoms with van der Waals surface area (Å²) in [4.78, 5) is 22.5. The topological polar surface area (TPSA) is 74.6 Å². The van der Waals surface area contributed by atoms with Crippen molar-refractivity contribution in [2.45, 2.75) is 72.1 Å². The van der Waals surface area contributed by atoms with Gasteiger partial charge in [-0.25, -0.2) is 9.59 Å². The second-order valence-electron chi connectivity index (χ2n) is 5.68. The van der Waals surface area contributed by atoms with Crippen LogP contribution < -0.4 is 0 Å². The van der Waals surface area contributed by atoms with Crippen molar-refractivity contribution in [1.82, 2.24) is 0 Å². The zero-order valence-electron chi connectivity index (χ0n) is 12.9. The lowest BCUT2D eigenvalue weighted by Gasteiger charge is -2.11. The molecule has 0 radical (unpaired) electrons. The van der Waals surface area contributed by atoms with Crippen molar-refractivity contribution < 1.29 is 19.8 Å². The Morgan fingerprint density at radius 1 is 0.850 bits per heavy atom. The van der Waals surface area contributed by atoms with E-state index in [9.17, 15) is 19.8 Å². The molecule has 116 valence electrons. The molecule has 0 bridgehead atoms. The Bertz CT molecular complexity index is 342. The molecule has 4 heteroatoms. The van der Waals surface area contributed by atoms with Crippen molar-refractivity contribution in [3.63, 3.8) is 0 Å². The third kappa shape index (κ3) is 7.97. The third-order valence-corrected chi connectivity index (χ3v) is 3.27. The van der Waals surface area contributed by atoms with Crippen LogP contribution in [0.5, 0.6) is 0 Å². The number of carboxylic acid groups (broad SMARTS) is 2. The van der Waals surface area contributed by atoms with Crippen LogP contribution in [0, 0.1) is 5.92 Å². The average Bonchev–Trinajstić information content (AvgIpc) is 2.35. The number of carboxylic acids is 2. The Morgan fingerprint density at radius 2 is 1.35 bits per heavy atom. The molecule has 0 atom stereocenters. The van der Waals surface area contributed by atoms with E-state index < -0.39 is 11.9 Å². The predicted molar refractivity (Wildman–Crippen MR) is 79.7 cm³/mol. The molecular formula is C16H28O4. The van der Waals surface area contributed by atoms with Gasteiger partial charge < -0.3 is 10.2 Å². The zero-order chi connectivity index (χ0) is 15.5. The van der Waals surface area contributed by atoms with Gasteiger partial charge in [0.05, 0.1) is 0 Å². The summed E-state index contributed by atoms with van der Waals surface area (Å²) >= 11 is 0. The molecule has 0 unspecified atom stereocenters. The van der Waals surface area contributed by atoms with Crippen LogP contribution in [-0.2, 0) is 9.59 Å². The number of aliphatic carboxylic acids is 2. The lowest BCUT2D eigenvalue weighted by Crippen LogP contribution is -2.13. The average molecular weight is 284 g/mol. The van der Waals surface area contributed by atoms with Crippen LogP contribution >= 0.6 is 0 Å². The fraction of sp³-hybridized carbons (Fsp3) is 0.750. The van der Waals surface area contributed by atoms with Crippen LogP contribution in [-0.4, -0.2) is 22.2 Å². The van der Waals surface area contributed by atoms with Crippen molar-refractivity contribution in [2.24, 2.45) is 5.92 Å². The predicted octanol–water partition coefficient (Wildman–Crippen LogP) is 4.25. The monoisotopic (exact) mass is 284 g/mol. The molecule has 0 amide bonds. The van der Waals surface area contributed by atoms with Crippen molar-refractivity contribution in [1.29, 1.82) is 0 Å². The van der Waals surface area contributed by atoms with E-state index in [2.05, 4.69) is 6.92 Å². The number of carbonyl (C=O) groups is 2. The van der Waals surface area contributed by atoms with Crippen molar-refractivity contribution in [2.75, 3.05) is 0 Å². The molecule has 0 aromatic rings. The fourth-order valence-corrected chi connectivity index (χ4v) is 2.22. The van der Waals surface area contributed by atoms with Crippen LogP contribution in [0.3, 0.4) is 0 Å². The summed E-state index contributed by atoms with van der Waals surface area (Å²) in [6.07, 6.45) is 7.02. The molecule has 0 heterocycles. The molecule has 0 saturated carbocycles. The minimum atomic E-state index is -1.10. The first-order chi connectivity index (χ1) is 9.40. The Kier molecular flexibility index (Phi) is 9.77. The van der Waals surface area contributed by atoms with Gasteiger partial charge in [0.1, 0.15) is 0 Å². The van der Waals surface area contributed by atoms with Crippen LogP contribution in [0.25, 0.3) is 0 Å². The van der Waals surface area contributed by atoms with Gasteiger partial charge in [-0.15, -0.1) is 0 Å². The molecule has 0 rings (SSSR count). The van der Waals surface area contributed by atoms with Gasteiger partial charge in [-0.3, -0.25) is 0 Å². The standard InChI is InChI=1S/C16H28O4/c1-4-5-6-7-8-9-10-13(15(17)18)14(16(19)20)11-12(2)3/h12H,4-11H2,1-3H3,(H,17,18)(H,19,20). The van der Waals surface area contributed by atoms with Gasteiger partial charge in [-0.2, -0.15) is 0 Å². The van der Waals surface area contributed by atoms with E-state index in [1.54, 1.807) is 0 Å². The van der Waals surface area contributed by atoms with E-state index in [-0.39, 0.29) is 17.1 Å². The zero-order valence-corrected chi connectivity index (χ0v) is 12.9. The summed E-state index contributed by atoms with van der Waals surface area (Å²) in [7, 11) is 0. The van der Waals surface area contributed by atoms with Gasteiger partial charge in [-0.05, 0) is 25.2 Å². The first-order valence-electron chi connectivity index (χ1n) is 7.58. The van der Waals surface area contributed by atoms with E-state index in [1.807, 2.05) is 13.8 Å². The summed E-state index contributed by atoms with van der Waals surface area (Å²) in [6.45, 7) is 5.94. The molecule has 0 aromatic heterocycles. The Hall–Kier alpha value is -1.32. The van der Waals surface area contributed by atoms with Crippen LogP contribution in [0.4, 0.5) is 0 Å². The van der Waals surface area contributed by atoms with Gasteiger partial charge in [0, 0.05) is 11.1 Å². The second kappa shape index (κ2) is 10.5. The summed E-state index contributed by atoms with van der Waals surface area (Å²) in [5.74, 6) is -2.04. The van der Waals surface area contributed by atoms with Crippen molar-refractivity contribution in [3.05, 3.63) is 11.1 Å². The smallest absolute Gasteiger partial charge is 0.332 e. The van der Waals surface area contributed by atoms with Crippen LogP contribution in [0.1, 0.15) is 72.1 Å². The quantitative estimate of drug-likeness (QED) is 0.439. The maximum absolute atomic E-state index is 11.3. The summed E-state index contributed by atoms with van der Waals surface area (Å²) in [6, 6.07) is 0. The molecule has 20 heavy (non-hydrogen) atoms. The molecule has 2 N–H and O–H groups in total. The van der Waals surface area contributed by atoms with Crippen LogP contribution in [0.2, 0.25) is 0 Å². The first-order valence-corrected chi connectivity index (χ1v) is 7.58. The molecule has 4 nitrogen and oxygen atoms in total. The van der Waals surface area contributed by atoms with Gasteiger partial charge in [0.2, 0.25) is 0 Å². The van der Waals surface area contributed by atoms with E-state index in [0.717, 1.165) is 19.3 Å². The second-order valence-corrected chi connectivity index (χ2v) is 5.68. The van der Waals surface area contributed by atoms with E-state index in [0.29, 0.717) is 12.8 Å². The third-order valence-electron chi connectivity index (χ3n) is 3.27. The molecule has 0 fully saturated rings. The van der Waals surface area contributed by atoms with Gasteiger partial charge >= 0.3 is 11.9 Å². The van der Waals surface area contributed by atoms with E-state index in [1.165, 1.54) is 19.3 Å². The van der Waals surface area contributed by atoms with Gasteiger partial charge in [-0.1, -0.05) is 52.9 Å². The normalized spacial score (nSPS) is 12.4. The molecule has 0 aliphatic heterocycles. The molecule has 0 aromatic carbocycles. The highest BCUT2D eigenvalue weighted by Crippen LogP contribution is 2.21. The van der Waals surface area contributed by atoms with Crippen molar-refractivity contribution in [3.8, 4) is 0 Å². The minimum Gasteiger partial charge on any atom is -0.478 e. The number of hydrogen-bond acceptors (Lipinski definition) is 2. The SMILES string of the molecule is CCCCCCCCC(C(=O)O)=C(CC(C)C)C(=O)O. The summed E-state index contributed by atoms with van der Waals surface area (Å²) in [5.41, 5.74) is 0.155. The Morgan fingerprint density at radius 3 is 1.80 bits per heavy atom. The van der Waals surface area contributed by atoms with Gasteiger partial charge in [0.25, 0.3) is 0 Å². The number of unbranched alkanes of at least 4 members (excludes halogenated alkanes) is 5. The first kappa shape index (κ1) is 18.7. The highest BCUT2D eigenvalue weighted by atomic mass is 16.4. The van der Waals surface area contributed by atoms with E-state index >= 15 is 0 Å².